The van der Waals surface area contributed by atoms with Crippen LogP contribution in [0.1, 0.15) is 25.3 Å². The third-order valence-electron chi connectivity index (χ3n) is 3.17. The van der Waals surface area contributed by atoms with Crippen molar-refractivity contribution >= 4 is 21.6 Å². The first kappa shape index (κ1) is 13.8. The van der Waals surface area contributed by atoms with E-state index < -0.39 is 0 Å². The van der Waals surface area contributed by atoms with Crippen molar-refractivity contribution in [2.75, 3.05) is 18.5 Å². The molecule has 1 aromatic carbocycles. The Labute approximate surface area is 117 Å². The molecule has 2 N–H and O–H groups in total. The van der Waals surface area contributed by atoms with Gasteiger partial charge in [-0.05, 0) is 37.5 Å². The summed E-state index contributed by atoms with van der Waals surface area (Å²) < 4.78 is 1.13. The predicted molar refractivity (Wildman–Crippen MR) is 79.0 cm³/mol. The van der Waals surface area contributed by atoms with E-state index in [4.69, 9.17) is 0 Å². The van der Waals surface area contributed by atoms with Gasteiger partial charge < -0.3 is 15.3 Å². The molecule has 0 spiro atoms. The fourth-order valence-corrected chi connectivity index (χ4v) is 2.47. The predicted octanol–water partition coefficient (Wildman–Crippen LogP) is 2.52. The van der Waals surface area contributed by atoms with Gasteiger partial charge in [-0.1, -0.05) is 22.0 Å². The average molecular weight is 313 g/mol. The highest BCUT2D eigenvalue weighted by atomic mass is 79.9. The van der Waals surface area contributed by atoms with E-state index in [-0.39, 0.29) is 6.10 Å². The van der Waals surface area contributed by atoms with Crippen LogP contribution < -0.4 is 10.2 Å². The minimum Gasteiger partial charge on any atom is -0.392 e. The Kier molecular flexibility index (Phi) is 4.65. The van der Waals surface area contributed by atoms with Crippen molar-refractivity contribution in [1.29, 1.82) is 0 Å². The lowest BCUT2D eigenvalue weighted by Gasteiger charge is -2.21. The van der Waals surface area contributed by atoms with Gasteiger partial charge in [-0.25, -0.2) is 0 Å². The molecule has 0 heterocycles. The van der Waals surface area contributed by atoms with Gasteiger partial charge in [0.25, 0.3) is 0 Å². The molecule has 18 heavy (non-hydrogen) atoms. The summed E-state index contributed by atoms with van der Waals surface area (Å²) in [7, 11) is 2.00. The molecule has 1 aromatic rings. The van der Waals surface area contributed by atoms with E-state index >= 15 is 0 Å². The number of hydrogen-bond acceptors (Lipinski definition) is 3. The summed E-state index contributed by atoms with van der Waals surface area (Å²) in [4.78, 5) is 2.06. The molecular formula is C14H21BrN2O. The zero-order valence-electron chi connectivity index (χ0n) is 11.0. The Hall–Kier alpha value is -0.580. The van der Waals surface area contributed by atoms with E-state index in [1.807, 2.05) is 7.05 Å². The Bertz CT molecular complexity index is 405. The smallest absolute Gasteiger partial charge is 0.0686 e. The molecule has 1 fully saturated rings. The normalized spacial score (nSPS) is 16.7. The Morgan fingerprint density at radius 3 is 2.78 bits per heavy atom. The van der Waals surface area contributed by atoms with Gasteiger partial charge in [0, 0.05) is 36.3 Å². The van der Waals surface area contributed by atoms with Gasteiger partial charge >= 0.3 is 0 Å². The molecule has 1 aliphatic carbocycles. The molecule has 0 aliphatic heterocycles. The summed E-state index contributed by atoms with van der Waals surface area (Å²) in [5.74, 6) is 0. The van der Waals surface area contributed by atoms with Gasteiger partial charge in [-0.3, -0.25) is 0 Å². The number of likely N-dealkylation sites (N-methyl/N-ethyl adjacent to an activating group) is 1. The van der Waals surface area contributed by atoms with Crippen LogP contribution in [0.5, 0.6) is 0 Å². The molecule has 1 aliphatic rings. The maximum Gasteiger partial charge on any atom is 0.0686 e. The summed E-state index contributed by atoms with van der Waals surface area (Å²) in [6.07, 6.45) is 2.31. The summed E-state index contributed by atoms with van der Waals surface area (Å²) >= 11 is 3.62. The standard InChI is InChI=1S/C14H21BrN2O/c1-10(18)9-17(2)13-6-3-11(14(15)7-13)8-16-12-4-5-12/h3,6-7,10,12,16,18H,4-5,8-9H2,1-2H3. The number of nitrogens with zero attached hydrogens (tertiary/aromatic N) is 1. The van der Waals surface area contributed by atoms with Gasteiger partial charge in [0.05, 0.1) is 6.10 Å². The number of aliphatic hydroxyl groups is 1. The van der Waals surface area contributed by atoms with E-state index in [9.17, 15) is 5.11 Å². The second kappa shape index (κ2) is 6.04. The first-order chi connectivity index (χ1) is 8.56. The van der Waals surface area contributed by atoms with Gasteiger partial charge in [-0.15, -0.1) is 0 Å². The Balaban J connectivity index is 1.98. The number of nitrogens with one attached hydrogen (secondary N) is 1. The van der Waals surface area contributed by atoms with Crippen LogP contribution in [0.25, 0.3) is 0 Å². The van der Waals surface area contributed by atoms with Crippen molar-refractivity contribution in [3.63, 3.8) is 0 Å². The fourth-order valence-electron chi connectivity index (χ4n) is 1.96. The summed E-state index contributed by atoms with van der Waals surface area (Å²) in [6.45, 7) is 3.37. The van der Waals surface area contributed by atoms with E-state index in [0.29, 0.717) is 6.54 Å². The van der Waals surface area contributed by atoms with Crippen LogP contribution in [0.4, 0.5) is 5.69 Å². The Morgan fingerprint density at radius 2 is 2.22 bits per heavy atom. The number of benzene rings is 1. The van der Waals surface area contributed by atoms with E-state index in [1.54, 1.807) is 6.92 Å². The molecule has 1 unspecified atom stereocenters. The van der Waals surface area contributed by atoms with E-state index in [0.717, 1.165) is 22.7 Å². The highest BCUT2D eigenvalue weighted by Crippen LogP contribution is 2.25. The molecule has 0 amide bonds. The molecule has 0 bridgehead atoms. The van der Waals surface area contributed by atoms with E-state index in [2.05, 4.69) is 44.3 Å². The molecule has 1 saturated carbocycles. The molecule has 0 radical (unpaired) electrons. The van der Waals surface area contributed by atoms with Gasteiger partial charge in [0.15, 0.2) is 0 Å². The van der Waals surface area contributed by atoms with Crippen molar-refractivity contribution in [3.05, 3.63) is 28.2 Å². The molecule has 100 valence electrons. The lowest BCUT2D eigenvalue weighted by atomic mass is 10.2. The number of anilines is 1. The lowest BCUT2D eigenvalue weighted by Crippen LogP contribution is -2.26. The molecular weight excluding hydrogens is 292 g/mol. The first-order valence-electron chi connectivity index (χ1n) is 6.47. The summed E-state index contributed by atoms with van der Waals surface area (Å²) in [5.41, 5.74) is 2.41. The third kappa shape index (κ3) is 3.97. The molecule has 3 nitrogen and oxygen atoms in total. The van der Waals surface area contributed by atoms with Crippen LogP contribution in [0, 0.1) is 0 Å². The van der Waals surface area contributed by atoms with Crippen LogP contribution >= 0.6 is 15.9 Å². The minimum absolute atomic E-state index is 0.315. The molecule has 1 atom stereocenters. The largest absolute Gasteiger partial charge is 0.392 e. The Morgan fingerprint density at radius 1 is 1.50 bits per heavy atom. The van der Waals surface area contributed by atoms with Crippen LogP contribution in [0.15, 0.2) is 22.7 Å². The van der Waals surface area contributed by atoms with Gasteiger partial charge in [0.1, 0.15) is 0 Å². The zero-order valence-corrected chi connectivity index (χ0v) is 12.6. The first-order valence-corrected chi connectivity index (χ1v) is 7.26. The van der Waals surface area contributed by atoms with Crippen molar-refractivity contribution < 1.29 is 5.11 Å². The second-order valence-electron chi connectivity index (χ2n) is 5.16. The zero-order chi connectivity index (χ0) is 13.1. The topological polar surface area (TPSA) is 35.5 Å². The number of aliphatic hydroxyl groups excluding tert-OH is 1. The second-order valence-corrected chi connectivity index (χ2v) is 6.01. The maximum atomic E-state index is 9.40. The minimum atomic E-state index is -0.315. The van der Waals surface area contributed by atoms with Crippen molar-refractivity contribution in [1.82, 2.24) is 5.32 Å². The molecule has 2 rings (SSSR count). The summed E-state index contributed by atoms with van der Waals surface area (Å²) in [6, 6.07) is 7.10. The monoisotopic (exact) mass is 312 g/mol. The average Bonchev–Trinajstić information content (AvgIpc) is 3.10. The number of halogens is 1. The fraction of sp³-hybridized carbons (Fsp3) is 0.571. The maximum absolute atomic E-state index is 9.40. The van der Waals surface area contributed by atoms with Gasteiger partial charge in [-0.2, -0.15) is 0 Å². The van der Waals surface area contributed by atoms with Crippen LogP contribution in [-0.4, -0.2) is 30.8 Å². The number of hydrogen-bond donors (Lipinski definition) is 2. The molecule has 4 heteroatoms. The van der Waals surface area contributed by atoms with Crippen LogP contribution in [-0.2, 0) is 6.54 Å². The highest BCUT2D eigenvalue weighted by molar-refractivity contribution is 9.10. The molecule has 0 aromatic heterocycles. The lowest BCUT2D eigenvalue weighted by molar-refractivity contribution is 0.201. The molecule has 0 saturated heterocycles. The van der Waals surface area contributed by atoms with Crippen LogP contribution in [0.3, 0.4) is 0 Å². The van der Waals surface area contributed by atoms with Crippen molar-refractivity contribution in [3.8, 4) is 0 Å². The quantitative estimate of drug-likeness (QED) is 0.847. The van der Waals surface area contributed by atoms with Crippen LogP contribution in [0.2, 0.25) is 0 Å². The van der Waals surface area contributed by atoms with Crippen molar-refractivity contribution in [2.45, 2.75) is 38.5 Å². The van der Waals surface area contributed by atoms with E-state index in [1.165, 1.54) is 18.4 Å². The highest BCUT2D eigenvalue weighted by Gasteiger charge is 2.20. The summed E-state index contributed by atoms with van der Waals surface area (Å²) in [5, 5.41) is 12.9. The SMILES string of the molecule is CC(O)CN(C)c1ccc(CNC2CC2)c(Br)c1. The number of rotatable bonds is 6. The van der Waals surface area contributed by atoms with Gasteiger partial charge in [0.2, 0.25) is 0 Å². The third-order valence-corrected chi connectivity index (χ3v) is 3.91. The van der Waals surface area contributed by atoms with Crippen molar-refractivity contribution in [2.24, 2.45) is 0 Å².